The monoisotopic (exact) mass is 360 g/mol. The molecule has 5 nitrogen and oxygen atoms in total. The lowest BCUT2D eigenvalue weighted by Crippen LogP contribution is -2.37. The van der Waals surface area contributed by atoms with E-state index in [1.54, 1.807) is 18.2 Å². The maximum atomic E-state index is 12.9. The molecule has 1 fully saturated rings. The second kappa shape index (κ2) is 8.80. The lowest BCUT2D eigenvalue weighted by Gasteiger charge is -2.22. The first-order valence-electron chi connectivity index (χ1n) is 8.47. The molecule has 0 spiro atoms. The van der Waals surface area contributed by atoms with E-state index in [2.05, 4.69) is 20.5 Å². The number of aromatic nitrogens is 3. The summed E-state index contributed by atoms with van der Waals surface area (Å²) >= 11 is 1.31. The Morgan fingerprint density at radius 3 is 2.76 bits per heavy atom. The third kappa shape index (κ3) is 5.70. The number of carbonyl (C=O) groups is 1. The Bertz CT molecular complexity index is 723. The summed E-state index contributed by atoms with van der Waals surface area (Å²) in [5, 5.41) is 10.5. The van der Waals surface area contributed by atoms with Gasteiger partial charge in [-0.15, -0.1) is 5.10 Å². The molecule has 7 heteroatoms. The average molecular weight is 360 g/mol. The highest BCUT2D eigenvalue weighted by Crippen LogP contribution is 2.18. The smallest absolute Gasteiger partial charge is 0.230 e. The van der Waals surface area contributed by atoms with Gasteiger partial charge >= 0.3 is 0 Å². The molecule has 0 radical (unpaired) electrons. The molecule has 1 heterocycles. The SMILES string of the molecule is O=C(CSc1n[nH]c(/C=C/c2ccc(F)cc2)n1)NC1CCCCC1. The fraction of sp³-hybridized carbons (Fsp3) is 0.389. The van der Waals surface area contributed by atoms with Gasteiger partial charge in [0.2, 0.25) is 11.1 Å². The van der Waals surface area contributed by atoms with E-state index in [1.807, 2.05) is 6.08 Å². The van der Waals surface area contributed by atoms with E-state index in [-0.39, 0.29) is 11.7 Å². The molecule has 0 atom stereocenters. The Morgan fingerprint density at radius 1 is 1.24 bits per heavy atom. The first-order chi connectivity index (χ1) is 12.2. The third-order valence-electron chi connectivity index (χ3n) is 4.09. The summed E-state index contributed by atoms with van der Waals surface area (Å²) in [6.45, 7) is 0. The predicted octanol–water partition coefficient (Wildman–Crippen LogP) is 3.66. The van der Waals surface area contributed by atoms with Gasteiger partial charge in [-0.05, 0) is 36.6 Å². The molecule has 2 N–H and O–H groups in total. The summed E-state index contributed by atoms with van der Waals surface area (Å²) in [6, 6.07) is 6.52. The quantitative estimate of drug-likeness (QED) is 0.772. The predicted molar refractivity (Wildman–Crippen MR) is 97.5 cm³/mol. The van der Waals surface area contributed by atoms with Crippen LogP contribution in [0.5, 0.6) is 0 Å². The molecular weight excluding hydrogens is 339 g/mol. The number of nitrogens with zero attached hydrogens (tertiary/aromatic N) is 2. The van der Waals surface area contributed by atoms with Crippen LogP contribution in [0.15, 0.2) is 29.4 Å². The molecule has 3 rings (SSSR count). The Labute approximate surface area is 150 Å². The molecular formula is C18H21FN4OS. The van der Waals surface area contributed by atoms with Crippen LogP contribution in [-0.4, -0.2) is 32.9 Å². The van der Waals surface area contributed by atoms with Gasteiger partial charge < -0.3 is 5.32 Å². The number of benzene rings is 1. The van der Waals surface area contributed by atoms with Crippen molar-refractivity contribution in [3.05, 3.63) is 41.5 Å². The Kier molecular flexibility index (Phi) is 6.22. The average Bonchev–Trinajstić information content (AvgIpc) is 3.08. The first-order valence-corrected chi connectivity index (χ1v) is 9.46. The fourth-order valence-electron chi connectivity index (χ4n) is 2.79. The minimum absolute atomic E-state index is 0.0325. The van der Waals surface area contributed by atoms with Gasteiger partial charge in [-0.25, -0.2) is 9.37 Å². The van der Waals surface area contributed by atoms with Crippen molar-refractivity contribution in [1.82, 2.24) is 20.5 Å². The molecule has 1 saturated carbocycles. The van der Waals surface area contributed by atoms with E-state index in [0.717, 1.165) is 18.4 Å². The Hall–Kier alpha value is -2.15. The van der Waals surface area contributed by atoms with Gasteiger partial charge in [0.1, 0.15) is 11.6 Å². The van der Waals surface area contributed by atoms with Crippen molar-refractivity contribution in [1.29, 1.82) is 0 Å². The standard InChI is InChI=1S/C18H21FN4OS/c19-14-9-6-13(7-10-14)8-11-16-21-18(23-22-16)25-12-17(24)20-15-4-2-1-3-5-15/h6-11,15H,1-5,12H2,(H,20,24)(H,21,22,23)/b11-8+. The van der Waals surface area contributed by atoms with Gasteiger partial charge in [0, 0.05) is 6.04 Å². The van der Waals surface area contributed by atoms with Crippen LogP contribution in [0.4, 0.5) is 4.39 Å². The van der Waals surface area contributed by atoms with Crippen LogP contribution >= 0.6 is 11.8 Å². The van der Waals surface area contributed by atoms with Gasteiger partial charge in [-0.2, -0.15) is 0 Å². The molecule has 0 unspecified atom stereocenters. The minimum atomic E-state index is -0.262. The zero-order valence-corrected chi connectivity index (χ0v) is 14.7. The van der Waals surface area contributed by atoms with Crippen molar-refractivity contribution < 1.29 is 9.18 Å². The zero-order valence-electron chi connectivity index (χ0n) is 13.9. The number of aromatic amines is 1. The number of carbonyl (C=O) groups excluding carboxylic acids is 1. The van der Waals surface area contributed by atoms with Crippen LogP contribution in [0.25, 0.3) is 12.2 Å². The Morgan fingerprint density at radius 2 is 2.00 bits per heavy atom. The van der Waals surface area contributed by atoms with Gasteiger partial charge in [0.05, 0.1) is 5.75 Å². The maximum Gasteiger partial charge on any atom is 0.230 e. The third-order valence-corrected chi connectivity index (χ3v) is 4.94. The summed E-state index contributed by atoms with van der Waals surface area (Å²) in [5.74, 6) is 0.682. The molecule has 1 aromatic heterocycles. The number of thioether (sulfide) groups is 1. The van der Waals surface area contributed by atoms with Crippen molar-refractivity contribution >= 4 is 29.8 Å². The Balaban J connectivity index is 1.46. The van der Waals surface area contributed by atoms with E-state index >= 15 is 0 Å². The van der Waals surface area contributed by atoms with Gasteiger partial charge in [0.15, 0.2) is 0 Å². The maximum absolute atomic E-state index is 12.9. The highest BCUT2D eigenvalue weighted by Gasteiger charge is 2.16. The molecule has 1 aromatic carbocycles. The normalized spacial score (nSPS) is 15.6. The number of halogens is 1. The number of amides is 1. The molecule has 132 valence electrons. The van der Waals surface area contributed by atoms with Crippen LogP contribution < -0.4 is 5.32 Å². The van der Waals surface area contributed by atoms with E-state index in [4.69, 9.17) is 0 Å². The van der Waals surface area contributed by atoms with Crippen molar-refractivity contribution in [2.75, 3.05) is 5.75 Å². The molecule has 1 aliphatic carbocycles. The van der Waals surface area contributed by atoms with Crippen molar-refractivity contribution in [3.8, 4) is 0 Å². The number of nitrogens with one attached hydrogen (secondary N) is 2. The summed E-state index contributed by atoms with van der Waals surface area (Å²) in [6.07, 6.45) is 9.42. The van der Waals surface area contributed by atoms with Crippen LogP contribution in [-0.2, 0) is 4.79 Å². The van der Waals surface area contributed by atoms with Crippen molar-refractivity contribution in [2.24, 2.45) is 0 Å². The second-order valence-electron chi connectivity index (χ2n) is 6.08. The number of rotatable bonds is 6. The number of H-pyrrole nitrogens is 1. The van der Waals surface area contributed by atoms with E-state index in [0.29, 0.717) is 22.8 Å². The summed E-state index contributed by atoms with van der Waals surface area (Å²) < 4.78 is 12.9. The van der Waals surface area contributed by atoms with Gasteiger partial charge in [0.25, 0.3) is 0 Å². The van der Waals surface area contributed by atoms with Crippen LogP contribution in [0, 0.1) is 5.82 Å². The second-order valence-corrected chi connectivity index (χ2v) is 7.02. The molecule has 1 aliphatic rings. The molecule has 0 bridgehead atoms. The summed E-state index contributed by atoms with van der Waals surface area (Å²) in [4.78, 5) is 16.3. The topological polar surface area (TPSA) is 70.7 Å². The van der Waals surface area contributed by atoms with E-state index < -0.39 is 0 Å². The molecule has 2 aromatic rings. The van der Waals surface area contributed by atoms with Crippen LogP contribution in [0.1, 0.15) is 43.5 Å². The van der Waals surface area contributed by atoms with Crippen LogP contribution in [0.3, 0.4) is 0 Å². The number of hydrogen-bond acceptors (Lipinski definition) is 4. The lowest BCUT2D eigenvalue weighted by atomic mass is 9.95. The molecule has 1 amide bonds. The van der Waals surface area contributed by atoms with E-state index in [1.165, 1.54) is 43.2 Å². The van der Waals surface area contributed by atoms with Crippen molar-refractivity contribution in [3.63, 3.8) is 0 Å². The number of hydrogen-bond donors (Lipinski definition) is 2. The fourth-order valence-corrected chi connectivity index (χ4v) is 3.41. The van der Waals surface area contributed by atoms with Crippen LogP contribution in [0.2, 0.25) is 0 Å². The van der Waals surface area contributed by atoms with Gasteiger partial charge in [-0.3, -0.25) is 9.89 Å². The first kappa shape index (κ1) is 17.7. The van der Waals surface area contributed by atoms with Crippen molar-refractivity contribution in [2.45, 2.75) is 43.3 Å². The minimum Gasteiger partial charge on any atom is -0.353 e. The highest BCUT2D eigenvalue weighted by molar-refractivity contribution is 7.99. The molecule has 0 saturated heterocycles. The van der Waals surface area contributed by atoms with Gasteiger partial charge in [-0.1, -0.05) is 49.2 Å². The summed E-state index contributed by atoms with van der Waals surface area (Å²) in [7, 11) is 0. The largest absolute Gasteiger partial charge is 0.353 e. The molecule has 25 heavy (non-hydrogen) atoms. The van der Waals surface area contributed by atoms with E-state index in [9.17, 15) is 9.18 Å². The highest BCUT2D eigenvalue weighted by atomic mass is 32.2. The lowest BCUT2D eigenvalue weighted by molar-refractivity contribution is -0.119. The zero-order chi connectivity index (χ0) is 17.5. The summed E-state index contributed by atoms with van der Waals surface area (Å²) in [5.41, 5.74) is 0.874. The molecule has 0 aliphatic heterocycles.